The number of hydrogen-bond donors (Lipinski definition) is 1. The Labute approximate surface area is 278 Å². The van der Waals surface area contributed by atoms with Gasteiger partial charge in [-0.15, -0.1) is 0 Å². The van der Waals surface area contributed by atoms with Crippen molar-refractivity contribution in [3.63, 3.8) is 0 Å². The molecule has 1 N–H and O–H groups in total. The van der Waals surface area contributed by atoms with Gasteiger partial charge in [-0.25, -0.2) is 4.79 Å². The van der Waals surface area contributed by atoms with Crippen LogP contribution in [0.5, 0.6) is 0 Å². The van der Waals surface area contributed by atoms with Gasteiger partial charge in [-0.2, -0.15) is 0 Å². The van der Waals surface area contributed by atoms with Crippen LogP contribution in [0.15, 0.2) is 11.1 Å². The second-order valence-corrected chi connectivity index (χ2v) is 18.9. The van der Waals surface area contributed by atoms with E-state index in [1.807, 2.05) is 25.7 Å². The third-order valence-corrected chi connectivity index (χ3v) is 15.0. The van der Waals surface area contributed by atoms with Crippen molar-refractivity contribution in [1.82, 2.24) is 9.80 Å². The number of ether oxygens (including phenoxy) is 1. The second kappa shape index (κ2) is 10.8. The van der Waals surface area contributed by atoms with Gasteiger partial charge in [0.1, 0.15) is 5.60 Å². The van der Waals surface area contributed by atoms with Gasteiger partial charge in [-0.3, -0.25) is 9.59 Å². The third-order valence-electron chi connectivity index (χ3n) is 15.0. The van der Waals surface area contributed by atoms with Crippen molar-refractivity contribution < 1.29 is 24.2 Å². The van der Waals surface area contributed by atoms with Gasteiger partial charge in [-0.05, 0) is 129 Å². The molecule has 0 spiro atoms. The average molecular weight is 639 g/mol. The fourth-order valence-electron chi connectivity index (χ4n) is 12.6. The zero-order valence-electron chi connectivity index (χ0n) is 30.6. The lowest BCUT2D eigenvalue weighted by atomic mass is 9.33. The van der Waals surface area contributed by atoms with Crippen LogP contribution in [0, 0.1) is 50.7 Å². The maximum absolute atomic E-state index is 14.8. The minimum atomic E-state index is -0.754. The Morgan fingerprint density at radius 2 is 1.46 bits per heavy atom. The van der Waals surface area contributed by atoms with Gasteiger partial charge in [0.15, 0.2) is 5.78 Å². The molecule has 0 aromatic carbocycles. The van der Waals surface area contributed by atoms with Gasteiger partial charge in [0.25, 0.3) is 0 Å². The molecule has 7 nitrogen and oxygen atoms in total. The van der Waals surface area contributed by atoms with Gasteiger partial charge in [0.2, 0.25) is 5.91 Å². The van der Waals surface area contributed by atoms with Crippen molar-refractivity contribution in [1.29, 1.82) is 0 Å². The summed E-state index contributed by atoms with van der Waals surface area (Å²) in [5.74, 6) is 1.67. The molecule has 5 aliphatic carbocycles. The number of amides is 2. The van der Waals surface area contributed by atoms with Gasteiger partial charge < -0.3 is 19.6 Å². The summed E-state index contributed by atoms with van der Waals surface area (Å²) >= 11 is 0. The van der Waals surface area contributed by atoms with E-state index in [4.69, 9.17) is 4.74 Å². The molecule has 0 bridgehead atoms. The first kappa shape index (κ1) is 34.0. The molecule has 1 saturated heterocycles. The molecule has 2 amide bonds. The number of rotatable bonds is 2. The zero-order valence-corrected chi connectivity index (χ0v) is 30.6. The largest absolute Gasteiger partial charge is 0.444 e. The predicted molar refractivity (Wildman–Crippen MR) is 180 cm³/mol. The van der Waals surface area contributed by atoms with Crippen molar-refractivity contribution in [2.45, 2.75) is 139 Å². The van der Waals surface area contributed by atoms with Crippen LogP contribution in [0.3, 0.4) is 0 Å². The van der Waals surface area contributed by atoms with Gasteiger partial charge in [-0.1, -0.05) is 48.5 Å². The quantitative estimate of drug-likeness (QED) is 0.341. The lowest BCUT2D eigenvalue weighted by Gasteiger charge is -2.72. The van der Waals surface area contributed by atoms with Crippen molar-refractivity contribution in [2.24, 2.45) is 50.7 Å². The number of carbonyl (C=O) groups excluding carboxylic acids is 3. The highest BCUT2D eigenvalue weighted by Crippen LogP contribution is 2.76. The van der Waals surface area contributed by atoms with E-state index in [0.29, 0.717) is 44.4 Å². The minimum absolute atomic E-state index is 0.00336. The van der Waals surface area contributed by atoms with Crippen LogP contribution in [0.2, 0.25) is 0 Å². The summed E-state index contributed by atoms with van der Waals surface area (Å²) in [6.45, 7) is 24.0. The van der Waals surface area contributed by atoms with E-state index < -0.39 is 11.0 Å². The monoisotopic (exact) mass is 638 g/mol. The van der Waals surface area contributed by atoms with Crippen LogP contribution >= 0.6 is 0 Å². The number of Topliss-reactive ketones (excluding diaryl/α,β-unsaturated/α-hetero) is 1. The Bertz CT molecular complexity index is 1320. The summed E-state index contributed by atoms with van der Waals surface area (Å²) < 4.78 is 5.61. The van der Waals surface area contributed by atoms with Crippen molar-refractivity contribution in [3.05, 3.63) is 11.1 Å². The number of fused-ring (bicyclic) bond motifs is 7. The molecule has 258 valence electrons. The highest BCUT2D eigenvalue weighted by molar-refractivity contribution is 6.07. The first-order chi connectivity index (χ1) is 21.2. The molecule has 7 heteroatoms. The normalized spacial score (nSPS) is 42.3. The molecular weight excluding hydrogens is 576 g/mol. The molecule has 8 atom stereocenters. The van der Waals surface area contributed by atoms with E-state index in [2.05, 4.69) is 48.5 Å². The first-order valence-electron chi connectivity index (χ1n) is 18.5. The van der Waals surface area contributed by atoms with Gasteiger partial charge >= 0.3 is 6.09 Å². The van der Waals surface area contributed by atoms with E-state index in [0.717, 1.165) is 56.9 Å². The number of nitrogens with zero attached hydrogens (tertiary/aromatic N) is 2. The molecule has 1 heterocycles. The maximum Gasteiger partial charge on any atom is 0.410 e. The van der Waals surface area contributed by atoms with E-state index >= 15 is 0 Å². The Morgan fingerprint density at radius 1 is 0.826 bits per heavy atom. The van der Waals surface area contributed by atoms with Gasteiger partial charge in [0, 0.05) is 32.6 Å². The summed E-state index contributed by atoms with van der Waals surface area (Å²) in [5.41, 5.74) is 1.04. The molecule has 46 heavy (non-hydrogen) atoms. The number of carbonyl (C=O) groups is 3. The smallest absolute Gasteiger partial charge is 0.410 e. The Kier molecular flexibility index (Phi) is 7.98. The maximum atomic E-state index is 14.8. The summed E-state index contributed by atoms with van der Waals surface area (Å²) in [6, 6.07) is 0. The lowest BCUT2D eigenvalue weighted by molar-refractivity contribution is -0.228. The van der Waals surface area contributed by atoms with Crippen LogP contribution < -0.4 is 0 Å². The fourth-order valence-corrected chi connectivity index (χ4v) is 12.6. The fraction of sp³-hybridized carbons (Fsp3) is 0.872. The minimum Gasteiger partial charge on any atom is -0.444 e. The number of piperazine rings is 1. The predicted octanol–water partition coefficient (Wildman–Crippen LogP) is 7.41. The molecule has 0 radical (unpaired) electrons. The highest BCUT2D eigenvalue weighted by atomic mass is 16.6. The number of aliphatic hydroxyl groups excluding tert-OH is 1. The molecule has 1 aliphatic heterocycles. The zero-order chi connectivity index (χ0) is 33.8. The van der Waals surface area contributed by atoms with Crippen LogP contribution in [0.25, 0.3) is 0 Å². The molecule has 0 aromatic heterocycles. The topological polar surface area (TPSA) is 87.2 Å². The van der Waals surface area contributed by atoms with Gasteiger partial charge in [0.05, 0.1) is 11.5 Å². The number of ketones is 1. The standard InChI is InChI=1S/C39H62N2O5/c1-24(2)30-26(42)23-39(32(44)40-19-21-41(22-20-40)33(45)46-34(3,4)5)18-17-37(9)25(31(30)39)11-12-28-36(8)15-14-29(43)35(6,7)27(36)13-16-38(28,37)10/h24-25,27-29,43H,11-23H2,1-10H3/t25-,27+,28-,29+,36+,37-,38-,39-/m1/s1. The first-order valence-corrected chi connectivity index (χ1v) is 18.5. The van der Waals surface area contributed by atoms with E-state index in [9.17, 15) is 19.5 Å². The Hall–Kier alpha value is -1.89. The average Bonchev–Trinajstić information content (AvgIpc) is 3.27. The van der Waals surface area contributed by atoms with Crippen LogP contribution in [-0.2, 0) is 14.3 Å². The van der Waals surface area contributed by atoms with Crippen LogP contribution in [0.1, 0.15) is 127 Å². The number of hydrogen-bond acceptors (Lipinski definition) is 5. The molecule has 6 aliphatic rings. The summed E-state index contributed by atoms with van der Waals surface area (Å²) in [6.07, 6.45) is 7.83. The highest BCUT2D eigenvalue weighted by Gasteiger charge is 2.71. The molecule has 6 rings (SSSR count). The second-order valence-electron chi connectivity index (χ2n) is 18.9. The molecule has 4 saturated carbocycles. The summed E-state index contributed by atoms with van der Waals surface area (Å²) in [5, 5.41) is 11.1. The van der Waals surface area contributed by atoms with Crippen molar-refractivity contribution >= 4 is 17.8 Å². The lowest BCUT2D eigenvalue weighted by Crippen LogP contribution is -2.66. The summed E-state index contributed by atoms with van der Waals surface area (Å²) in [4.78, 5) is 45.3. The molecular formula is C39H62N2O5. The number of allylic oxidation sites excluding steroid dienone is 1. The third kappa shape index (κ3) is 4.70. The van der Waals surface area contributed by atoms with E-state index in [1.165, 1.54) is 5.57 Å². The van der Waals surface area contributed by atoms with Crippen LogP contribution in [0.4, 0.5) is 4.79 Å². The molecule has 0 aromatic rings. The molecule has 0 unspecified atom stereocenters. The van der Waals surface area contributed by atoms with Crippen molar-refractivity contribution in [3.8, 4) is 0 Å². The van der Waals surface area contributed by atoms with Crippen molar-refractivity contribution in [2.75, 3.05) is 26.2 Å². The molecule has 5 fully saturated rings. The summed E-state index contributed by atoms with van der Waals surface area (Å²) in [7, 11) is 0. The van der Waals surface area contributed by atoms with Crippen LogP contribution in [-0.4, -0.2) is 70.6 Å². The SMILES string of the molecule is CC(C)C1=C2[C@H]3CC[C@@H]4[C@@]5(C)CC[C@H](O)C(C)(C)[C@@H]5CC[C@@]4(C)[C@]3(C)CC[C@@]2(C(=O)N2CCN(C(=O)OC(C)(C)C)CC2)CC1=O. The van der Waals surface area contributed by atoms with E-state index in [1.54, 1.807) is 4.90 Å². The van der Waals surface area contributed by atoms with E-state index in [-0.39, 0.29) is 57.4 Å². The Morgan fingerprint density at radius 3 is 2.07 bits per heavy atom. The number of aliphatic hydroxyl groups is 1. The Balaban J connectivity index is 1.32.